The summed E-state index contributed by atoms with van der Waals surface area (Å²) in [7, 11) is 0. The Balaban J connectivity index is 2.03. The van der Waals surface area contributed by atoms with Gasteiger partial charge in [-0.15, -0.1) is 0 Å². The normalized spacial score (nSPS) is 20.1. The lowest BCUT2D eigenvalue weighted by atomic mass is 9.97. The van der Waals surface area contributed by atoms with Crippen LogP contribution in [-0.4, -0.2) is 12.4 Å². The van der Waals surface area contributed by atoms with Crippen molar-refractivity contribution in [1.29, 1.82) is 0 Å². The molecule has 0 radical (unpaired) electrons. The third-order valence-corrected chi connectivity index (χ3v) is 3.12. The highest BCUT2D eigenvalue weighted by Gasteiger charge is 2.24. The first-order valence-electron chi connectivity index (χ1n) is 6.04. The van der Waals surface area contributed by atoms with Crippen LogP contribution < -0.4 is 4.74 Å². The molecule has 1 fully saturated rings. The van der Waals surface area contributed by atoms with Crippen molar-refractivity contribution in [3.05, 3.63) is 29.8 Å². The van der Waals surface area contributed by atoms with E-state index in [2.05, 4.69) is 12.1 Å². The third kappa shape index (κ3) is 2.63. The number of rotatable bonds is 4. The maximum atomic E-state index is 11.6. The molecule has 0 spiro atoms. The topological polar surface area (TPSA) is 26.3 Å². The number of Topliss-reactive ketones (excluding diaryl/α,β-unsaturated/α-hetero) is 1. The van der Waals surface area contributed by atoms with Crippen LogP contribution >= 0.6 is 0 Å². The van der Waals surface area contributed by atoms with Crippen LogP contribution in [0.3, 0.4) is 0 Å². The fourth-order valence-corrected chi connectivity index (χ4v) is 2.32. The maximum absolute atomic E-state index is 11.6. The number of carbonyl (C=O) groups excluding carboxylic acids is 1. The van der Waals surface area contributed by atoms with E-state index in [1.54, 1.807) is 0 Å². The molecular weight excluding hydrogens is 200 g/mol. The minimum Gasteiger partial charge on any atom is -0.494 e. The van der Waals surface area contributed by atoms with Crippen molar-refractivity contribution in [2.45, 2.75) is 32.6 Å². The van der Waals surface area contributed by atoms with Gasteiger partial charge in [-0.1, -0.05) is 12.1 Å². The summed E-state index contributed by atoms with van der Waals surface area (Å²) < 4.78 is 5.45. The molecular formula is C14H18O2. The van der Waals surface area contributed by atoms with E-state index in [0.29, 0.717) is 12.4 Å². The Labute approximate surface area is 96.6 Å². The second-order valence-corrected chi connectivity index (χ2v) is 4.34. The van der Waals surface area contributed by atoms with Crippen molar-refractivity contribution in [2.24, 2.45) is 5.92 Å². The van der Waals surface area contributed by atoms with Gasteiger partial charge in [0.15, 0.2) is 0 Å². The Morgan fingerprint density at radius 2 is 2.31 bits per heavy atom. The number of ether oxygens (including phenoxy) is 1. The van der Waals surface area contributed by atoms with Crippen LogP contribution in [0.25, 0.3) is 0 Å². The van der Waals surface area contributed by atoms with Gasteiger partial charge in [-0.2, -0.15) is 0 Å². The Kier molecular flexibility index (Phi) is 3.60. The molecule has 86 valence electrons. The highest BCUT2D eigenvalue weighted by Crippen LogP contribution is 2.26. The summed E-state index contributed by atoms with van der Waals surface area (Å²) in [5, 5.41) is 0. The second kappa shape index (κ2) is 5.15. The van der Waals surface area contributed by atoms with Crippen molar-refractivity contribution < 1.29 is 9.53 Å². The first-order chi connectivity index (χ1) is 7.79. The molecule has 0 amide bonds. The minimum atomic E-state index is 0.247. The van der Waals surface area contributed by atoms with Gasteiger partial charge < -0.3 is 4.74 Å². The number of hydrogen-bond donors (Lipinski definition) is 0. The first-order valence-corrected chi connectivity index (χ1v) is 6.04. The summed E-state index contributed by atoms with van der Waals surface area (Å²) in [6.07, 6.45) is 3.77. The van der Waals surface area contributed by atoms with Crippen LogP contribution in [-0.2, 0) is 11.2 Å². The molecule has 0 aliphatic heterocycles. The Morgan fingerprint density at radius 1 is 1.44 bits per heavy atom. The van der Waals surface area contributed by atoms with Crippen LogP contribution in [0.4, 0.5) is 0 Å². The number of ketones is 1. The lowest BCUT2D eigenvalue weighted by Crippen LogP contribution is -2.09. The van der Waals surface area contributed by atoms with Crippen molar-refractivity contribution in [2.75, 3.05) is 6.61 Å². The smallest absolute Gasteiger partial charge is 0.136 e. The van der Waals surface area contributed by atoms with Crippen LogP contribution in [0.1, 0.15) is 31.7 Å². The molecule has 1 aromatic carbocycles. The molecule has 0 saturated heterocycles. The molecule has 1 aliphatic carbocycles. The average Bonchev–Trinajstić information content (AvgIpc) is 2.66. The van der Waals surface area contributed by atoms with E-state index < -0.39 is 0 Å². The average molecular weight is 218 g/mol. The molecule has 0 bridgehead atoms. The van der Waals surface area contributed by atoms with Crippen LogP contribution in [0.15, 0.2) is 24.3 Å². The molecule has 1 unspecified atom stereocenters. The monoisotopic (exact) mass is 218 g/mol. The standard InChI is InChI=1S/C14H18O2/c1-2-16-13-7-3-5-11(10-13)9-12-6-4-8-14(12)15/h3,5,7,10,12H,2,4,6,8-9H2,1H3. The molecule has 0 aromatic heterocycles. The predicted molar refractivity (Wildman–Crippen MR) is 63.7 cm³/mol. The highest BCUT2D eigenvalue weighted by atomic mass is 16.5. The van der Waals surface area contributed by atoms with Crippen LogP contribution in [0.5, 0.6) is 5.75 Å². The van der Waals surface area contributed by atoms with Crippen molar-refractivity contribution in [1.82, 2.24) is 0 Å². The first kappa shape index (κ1) is 11.2. The van der Waals surface area contributed by atoms with Gasteiger partial charge in [0.05, 0.1) is 6.61 Å². The predicted octanol–water partition coefficient (Wildman–Crippen LogP) is 3.00. The van der Waals surface area contributed by atoms with Crippen LogP contribution in [0.2, 0.25) is 0 Å². The molecule has 2 rings (SSSR count). The zero-order chi connectivity index (χ0) is 11.4. The summed E-state index contributed by atoms with van der Waals surface area (Å²) in [5.74, 6) is 1.59. The van der Waals surface area contributed by atoms with Gasteiger partial charge in [-0.05, 0) is 43.9 Å². The summed E-state index contributed by atoms with van der Waals surface area (Å²) in [4.78, 5) is 11.6. The molecule has 1 aliphatic rings. The zero-order valence-electron chi connectivity index (χ0n) is 9.74. The summed E-state index contributed by atoms with van der Waals surface area (Å²) in [5.41, 5.74) is 1.21. The van der Waals surface area contributed by atoms with Crippen LogP contribution in [0, 0.1) is 5.92 Å². The molecule has 1 saturated carbocycles. The summed E-state index contributed by atoms with van der Waals surface area (Å²) in [6, 6.07) is 8.09. The number of benzene rings is 1. The van der Waals surface area contributed by atoms with E-state index in [-0.39, 0.29) is 5.92 Å². The van der Waals surface area contributed by atoms with E-state index >= 15 is 0 Å². The fourth-order valence-electron chi connectivity index (χ4n) is 2.32. The van der Waals surface area contributed by atoms with E-state index in [1.807, 2.05) is 19.1 Å². The largest absolute Gasteiger partial charge is 0.494 e. The van der Waals surface area contributed by atoms with Gasteiger partial charge in [0.25, 0.3) is 0 Å². The van der Waals surface area contributed by atoms with E-state index in [4.69, 9.17) is 4.74 Å². The molecule has 0 N–H and O–H groups in total. The Hall–Kier alpha value is -1.31. The Morgan fingerprint density at radius 3 is 3.00 bits per heavy atom. The molecule has 16 heavy (non-hydrogen) atoms. The van der Waals surface area contributed by atoms with Gasteiger partial charge >= 0.3 is 0 Å². The fraction of sp³-hybridized carbons (Fsp3) is 0.500. The molecule has 0 heterocycles. The van der Waals surface area contributed by atoms with E-state index in [1.165, 1.54) is 5.56 Å². The Bertz CT molecular complexity index is 371. The highest BCUT2D eigenvalue weighted by molar-refractivity contribution is 5.83. The number of carbonyl (C=O) groups is 1. The third-order valence-electron chi connectivity index (χ3n) is 3.12. The molecule has 2 heteroatoms. The lowest BCUT2D eigenvalue weighted by Gasteiger charge is -2.09. The van der Waals surface area contributed by atoms with Gasteiger partial charge in [-0.25, -0.2) is 0 Å². The lowest BCUT2D eigenvalue weighted by molar-refractivity contribution is -0.120. The van der Waals surface area contributed by atoms with Gasteiger partial charge in [0.2, 0.25) is 0 Å². The zero-order valence-corrected chi connectivity index (χ0v) is 9.74. The van der Waals surface area contributed by atoms with Crippen molar-refractivity contribution in [3.63, 3.8) is 0 Å². The molecule has 2 nitrogen and oxygen atoms in total. The van der Waals surface area contributed by atoms with E-state index in [9.17, 15) is 4.79 Å². The quantitative estimate of drug-likeness (QED) is 0.776. The van der Waals surface area contributed by atoms with Gasteiger partial charge in [0.1, 0.15) is 11.5 Å². The molecule has 1 aromatic rings. The summed E-state index contributed by atoms with van der Waals surface area (Å²) in [6.45, 7) is 2.67. The van der Waals surface area contributed by atoms with E-state index in [0.717, 1.165) is 31.4 Å². The SMILES string of the molecule is CCOc1cccc(CC2CCCC2=O)c1. The van der Waals surface area contributed by atoms with Gasteiger partial charge in [0, 0.05) is 12.3 Å². The number of hydrogen-bond acceptors (Lipinski definition) is 2. The second-order valence-electron chi connectivity index (χ2n) is 4.34. The maximum Gasteiger partial charge on any atom is 0.136 e. The summed E-state index contributed by atoms with van der Waals surface area (Å²) >= 11 is 0. The van der Waals surface area contributed by atoms with Gasteiger partial charge in [-0.3, -0.25) is 4.79 Å². The molecule has 1 atom stereocenters. The van der Waals surface area contributed by atoms with Crippen molar-refractivity contribution >= 4 is 5.78 Å². The minimum absolute atomic E-state index is 0.247. The van der Waals surface area contributed by atoms with Crippen molar-refractivity contribution in [3.8, 4) is 5.75 Å².